The Bertz CT molecular complexity index is 652. The monoisotopic (exact) mass is 269 g/mol. The number of hydrogen-bond donors (Lipinski definition) is 1. The predicted octanol–water partition coefficient (Wildman–Crippen LogP) is 3.02. The zero-order valence-corrected chi connectivity index (χ0v) is 11.2. The minimum Gasteiger partial charge on any atom is -0.486 e. The van der Waals surface area contributed by atoms with Gasteiger partial charge in [0.25, 0.3) is 5.91 Å². The van der Waals surface area contributed by atoms with Crippen LogP contribution in [0.1, 0.15) is 15.9 Å². The molecule has 0 saturated heterocycles. The van der Waals surface area contributed by atoms with E-state index in [1.807, 2.05) is 31.2 Å². The van der Waals surface area contributed by atoms with Crippen molar-refractivity contribution in [3.63, 3.8) is 0 Å². The molecule has 2 aromatic carbocycles. The maximum Gasteiger partial charge on any atom is 0.259 e. The van der Waals surface area contributed by atoms with E-state index in [1.54, 1.807) is 18.2 Å². The van der Waals surface area contributed by atoms with Crippen LogP contribution in [0.5, 0.6) is 11.5 Å². The van der Waals surface area contributed by atoms with E-state index < -0.39 is 0 Å². The molecule has 1 heterocycles. The second kappa shape index (κ2) is 5.25. The van der Waals surface area contributed by atoms with Crippen LogP contribution in [0.3, 0.4) is 0 Å². The fraction of sp³-hybridized carbons (Fsp3) is 0.188. The first-order valence-electron chi connectivity index (χ1n) is 6.51. The molecule has 4 heteroatoms. The van der Waals surface area contributed by atoms with Gasteiger partial charge in [-0.1, -0.05) is 18.2 Å². The van der Waals surface area contributed by atoms with Gasteiger partial charge in [-0.25, -0.2) is 0 Å². The zero-order valence-electron chi connectivity index (χ0n) is 11.2. The van der Waals surface area contributed by atoms with E-state index in [2.05, 4.69) is 5.32 Å². The molecular weight excluding hydrogens is 254 g/mol. The topological polar surface area (TPSA) is 47.6 Å². The van der Waals surface area contributed by atoms with E-state index in [4.69, 9.17) is 9.47 Å². The second-order valence-electron chi connectivity index (χ2n) is 4.65. The van der Waals surface area contributed by atoms with Gasteiger partial charge in [-0.2, -0.15) is 0 Å². The molecule has 0 aromatic heterocycles. The Labute approximate surface area is 117 Å². The van der Waals surface area contributed by atoms with Gasteiger partial charge in [-0.3, -0.25) is 4.79 Å². The third-order valence-corrected chi connectivity index (χ3v) is 3.09. The number of amides is 1. The lowest BCUT2D eigenvalue weighted by Gasteiger charge is -2.20. The Morgan fingerprint density at radius 3 is 2.75 bits per heavy atom. The van der Waals surface area contributed by atoms with Crippen molar-refractivity contribution in [3.05, 3.63) is 53.6 Å². The van der Waals surface area contributed by atoms with Gasteiger partial charge in [0.1, 0.15) is 13.2 Å². The fourth-order valence-corrected chi connectivity index (χ4v) is 2.17. The number of hydrogen-bond acceptors (Lipinski definition) is 3. The van der Waals surface area contributed by atoms with E-state index in [0.29, 0.717) is 30.3 Å². The Hall–Kier alpha value is -2.49. The first-order valence-corrected chi connectivity index (χ1v) is 6.51. The second-order valence-corrected chi connectivity index (χ2v) is 4.65. The largest absolute Gasteiger partial charge is 0.486 e. The molecule has 0 unspecified atom stereocenters. The van der Waals surface area contributed by atoms with Crippen molar-refractivity contribution < 1.29 is 14.3 Å². The van der Waals surface area contributed by atoms with Crippen molar-refractivity contribution in [1.82, 2.24) is 0 Å². The third kappa shape index (κ3) is 2.45. The molecule has 0 aliphatic carbocycles. The Morgan fingerprint density at radius 2 is 1.90 bits per heavy atom. The van der Waals surface area contributed by atoms with Crippen LogP contribution in [-0.2, 0) is 0 Å². The molecule has 1 amide bonds. The van der Waals surface area contributed by atoms with Gasteiger partial charge in [0.05, 0.1) is 5.56 Å². The SMILES string of the molecule is Cc1cccc(NC(=O)c2cccc3c2OCCO3)c1. The summed E-state index contributed by atoms with van der Waals surface area (Å²) in [5, 5.41) is 2.87. The summed E-state index contributed by atoms with van der Waals surface area (Å²) in [5.74, 6) is 0.940. The number of anilines is 1. The summed E-state index contributed by atoms with van der Waals surface area (Å²) < 4.78 is 11.0. The zero-order chi connectivity index (χ0) is 13.9. The lowest BCUT2D eigenvalue weighted by atomic mass is 10.1. The summed E-state index contributed by atoms with van der Waals surface area (Å²) in [6.07, 6.45) is 0. The highest BCUT2D eigenvalue weighted by Gasteiger charge is 2.20. The molecule has 0 fully saturated rings. The average molecular weight is 269 g/mol. The van der Waals surface area contributed by atoms with E-state index in [0.717, 1.165) is 11.3 Å². The summed E-state index contributed by atoms with van der Waals surface area (Å²) in [4.78, 5) is 12.4. The van der Waals surface area contributed by atoms with Gasteiger partial charge >= 0.3 is 0 Å². The van der Waals surface area contributed by atoms with Crippen molar-refractivity contribution in [2.45, 2.75) is 6.92 Å². The lowest BCUT2D eigenvalue weighted by molar-refractivity contribution is 0.101. The van der Waals surface area contributed by atoms with E-state index >= 15 is 0 Å². The van der Waals surface area contributed by atoms with Crippen LogP contribution in [0.15, 0.2) is 42.5 Å². The fourth-order valence-electron chi connectivity index (χ4n) is 2.17. The number of para-hydroxylation sites is 1. The number of carbonyl (C=O) groups is 1. The van der Waals surface area contributed by atoms with Crippen LogP contribution in [0.2, 0.25) is 0 Å². The molecule has 0 bridgehead atoms. The van der Waals surface area contributed by atoms with E-state index in [1.165, 1.54) is 0 Å². The number of aryl methyl sites for hydroxylation is 1. The molecule has 1 N–H and O–H groups in total. The van der Waals surface area contributed by atoms with E-state index in [-0.39, 0.29) is 5.91 Å². The molecule has 1 aliphatic rings. The normalized spacial score (nSPS) is 12.8. The molecule has 20 heavy (non-hydrogen) atoms. The summed E-state index contributed by atoms with van der Waals surface area (Å²) in [7, 11) is 0. The highest BCUT2D eigenvalue weighted by Crippen LogP contribution is 2.33. The minimum absolute atomic E-state index is 0.196. The smallest absolute Gasteiger partial charge is 0.259 e. The van der Waals surface area contributed by atoms with Crippen molar-refractivity contribution in [2.75, 3.05) is 18.5 Å². The summed E-state index contributed by atoms with van der Waals surface area (Å²) in [6.45, 7) is 2.95. The number of fused-ring (bicyclic) bond motifs is 1. The van der Waals surface area contributed by atoms with Crippen molar-refractivity contribution >= 4 is 11.6 Å². The highest BCUT2D eigenvalue weighted by molar-refractivity contribution is 6.06. The summed E-state index contributed by atoms with van der Waals surface area (Å²) in [5.41, 5.74) is 2.35. The van der Waals surface area contributed by atoms with Gasteiger partial charge < -0.3 is 14.8 Å². The lowest BCUT2D eigenvalue weighted by Crippen LogP contribution is -2.20. The first-order chi connectivity index (χ1) is 9.74. The minimum atomic E-state index is -0.196. The molecule has 0 spiro atoms. The Balaban J connectivity index is 1.88. The van der Waals surface area contributed by atoms with Crippen LogP contribution in [0, 0.1) is 6.92 Å². The molecule has 0 radical (unpaired) electrons. The van der Waals surface area contributed by atoms with Gasteiger partial charge in [0.2, 0.25) is 0 Å². The Morgan fingerprint density at radius 1 is 1.10 bits per heavy atom. The number of ether oxygens (including phenoxy) is 2. The van der Waals surface area contributed by atoms with Crippen LogP contribution >= 0.6 is 0 Å². The van der Waals surface area contributed by atoms with Gasteiger partial charge in [-0.15, -0.1) is 0 Å². The van der Waals surface area contributed by atoms with Crippen molar-refractivity contribution in [1.29, 1.82) is 0 Å². The van der Waals surface area contributed by atoms with Crippen molar-refractivity contribution in [3.8, 4) is 11.5 Å². The first kappa shape index (κ1) is 12.5. The highest BCUT2D eigenvalue weighted by atomic mass is 16.6. The standard InChI is InChI=1S/C16H15NO3/c1-11-4-2-5-12(10-11)17-16(18)13-6-3-7-14-15(13)20-9-8-19-14/h2-7,10H,8-9H2,1H3,(H,17,18). The van der Waals surface area contributed by atoms with Crippen LogP contribution in [0.25, 0.3) is 0 Å². The Kier molecular flexibility index (Phi) is 3.29. The summed E-state index contributed by atoms with van der Waals surface area (Å²) in [6, 6.07) is 13.0. The van der Waals surface area contributed by atoms with Crippen LogP contribution in [-0.4, -0.2) is 19.1 Å². The molecular formula is C16H15NO3. The van der Waals surface area contributed by atoms with Crippen molar-refractivity contribution in [2.24, 2.45) is 0 Å². The van der Waals surface area contributed by atoms with Gasteiger partial charge in [-0.05, 0) is 36.8 Å². The van der Waals surface area contributed by atoms with E-state index in [9.17, 15) is 4.79 Å². The number of rotatable bonds is 2. The molecule has 0 saturated carbocycles. The van der Waals surface area contributed by atoms with Gasteiger partial charge in [0.15, 0.2) is 11.5 Å². The summed E-state index contributed by atoms with van der Waals surface area (Å²) >= 11 is 0. The molecule has 0 atom stereocenters. The number of nitrogens with one attached hydrogen (secondary N) is 1. The molecule has 4 nitrogen and oxygen atoms in total. The molecule has 1 aliphatic heterocycles. The number of benzene rings is 2. The maximum absolute atomic E-state index is 12.4. The third-order valence-electron chi connectivity index (χ3n) is 3.09. The van der Waals surface area contributed by atoms with Crippen LogP contribution in [0.4, 0.5) is 5.69 Å². The number of carbonyl (C=O) groups excluding carboxylic acids is 1. The molecule has 102 valence electrons. The molecule has 2 aromatic rings. The quantitative estimate of drug-likeness (QED) is 0.911. The van der Waals surface area contributed by atoms with Gasteiger partial charge in [0, 0.05) is 5.69 Å². The maximum atomic E-state index is 12.4. The molecule has 3 rings (SSSR count). The predicted molar refractivity (Wildman–Crippen MR) is 76.6 cm³/mol. The average Bonchev–Trinajstić information content (AvgIpc) is 2.46. The van der Waals surface area contributed by atoms with Crippen LogP contribution < -0.4 is 14.8 Å².